The Morgan fingerprint density at radius 1 is 1.17 bits per heavy atom. The standard InChI is InChI=1S/C15H17Cl2FN4.HI/c1-19-15(20-8-10-3-5-11(18)6-4-10)21-9-12-7-13(16)14(17)22(12)2;/h3-7H,8-9H2,1-2H3,(H2,19,20,21);1H. The van der Waals surface area contributed by atoms with Crippen LogP contribution < -0.4 is 10.6 Å². The molecule has 1 aromatic heterocycles. The number of nitrogens with one attached hydrogen (secondary N) is 2. The Labute approximate surface area is 162 Å². The molecule has 1 heterocycles. The van der Waals surface area contributed by atoms with Crippen molar-refractivity contribution in [3.63, 3.8) is 0 Å². The van der Waals surface area contributed by atoms with Crippen molar-refractivity contribution in [1.29, 1.82) is 0 Å². The van der Waals surface area contributed by atoms with Crippen LogP contribution in [0.25, 0.3) is 0 Å². The van der Waals surface area contributed by atoms with Gasteiger partial charge in [0, 0.05) is 26.3 Å². The maximum atomic E-state index is 12.9. The monoisotopic (exact) mass is 470 g/mol. The number of hydrogen-bond acceptors (Lipinski definition) is 1. The summed E-state index contributed by atoms with van der Waals surface area (Å²) in [5, 5.41) is 7.36. The number of hydrogen-bond donors (Lipinski definition) is 2. The van der Waals surface area contributed by atoms with Crippen molar-refractivity contribution in [2.24, 2.45) is 12.0 Å². The van der Waals surface area contributed by atoms with E-state index in [1.807, 2.05) is 17.7 Å². The van der Waals surface area contributed by atoms with E-state index in [0.29, 0.717) is 29.2 Å². The highest BCUT2D eigenvalue weighted by Gasteiger charge is 2.09. The molecule has 4 nitrogen and oxygen atoms in total. The van der Waals surface area contributed by atoms with Crippen molar-refractivity contribution >= 4 is 53.1 Å². The molecule has 126 valence electrons. The van der Waals surface area contributed by atoms with Gasteiger partial charge in [-0.15, -0.1) is 24.0 Å². The number of aromatic nitrogens is 1. The van der Waals surface area contributed by atoms with E-state index in [0.717, 1.165) is 11.3 Å². The Morgan fingerprint density at radius 3 is 2.30 bits per heavy atom. The van der Waals surface area contributed by atoms with E-state index >= 15 is 0 Å². The minimum Gasteiger partial charge on any atom is -0.352 e. The highest BCUT2D eigenvalue weighted by atomic mass is 127. The van der Waals surface area contributed by atoms with Crippen molar-refractivity contribution < 1.29 is 4.39 Å². The SMILES string of the molecule is CN=C(NCc1ccc(F)cc1)NCc1cc(Cl)c(Cl)n1C.I. The van der Waals surface area contributed by atoms with E-state index < -0.39 is 0 Å². The van der Waals surface area contributed by atoms with Gasteiger partial charge in [0.25, 0.3) is 0 Å². The molecule has 2 aromatic rings. The molecular formula is C15H18Cl2FIN4. The van der Waals surface area contributed by atoms with Crippen molar-refractivity contribution in [1.82, 2.24) is 15.2 Å². The minimum atomic E-state index is -0.247. The first-order chi connectivity index (χ1) is 10.5. The van der Waals surface area contributed by atoms with Gasteiger partial charge in [0.2, 0.25) is 0 Å². The Kier molecular flexibility index (Phi) is 8.15. The highest BCUT2D eigenvalue weighted by molar-refractivity contribution is 14.0. The number of aliphatic imine (C=N–C) groups is 1. The lowest BCUT2D eigenvalue weighted by Gasteiger charge is -2.12. The fourth-order valence-corrected chi connectivity index (χ4v) is 2.36. The van der Waals surface area contributed by atoms with Crippen LogP contribution in [0.2, 0.25) is 10.2 Å². The second-order valence-electron chi connectivity index (χ2n) is 4.74. The lowest BCUT2D eigenvalue weighted by molar-refractivity contribution is 0.626. The summed E-state index contributed by atoms with van der Waals surface area (Å²) in [5.41, 5.74) is 1.91. The second kappa shape index (κ2) is 9.34. The van der Waals surface area contributed by atoms with Crippen molar-refractivity contribution in [3.05, 3.63) is 57.6 Å². The molecule has 0 radical (unpaired) electrons. The Balaban J connectivity index is 0.00000264. The fraction of sp³-hybridized carbons (Fsp3) is 0.267. The van der Waals surface area contributed by atoms with Crippen molar-refractivity contribution in [2.45, 2.75) is 13.1 Å². The van der Waals surface area contributed by atoms with Crippen LogP contribution in [0.15, 0.2) is 35.3 Å². The zero-order valence-electron chi connectivity index (χ0n) is 12.7. The lowest BCUT2D eigenvalue weighted by atomic mass is 10.2. The van der Waals surface area contributed by atoms with Crippen LogP contribution in [0, 0.1) is 5.82 Å². The van der Waals surface area contributed by atoms with Crippen LogP contribution in [-0.2, 0) is 20.1 Å². The van der Waals surface area contributed by atoms with Gasteiger partial charge in [-0.1, -0.05) is 35.3 Å². The molecule has 0 bridgehead atoms. The molecule has 1 aromatic carbocycles. The molecule has 0 amide bonds. The molecule has 8 heteroatoms. The highest BCUT2D eigenvalue weighted by Crippen LogP contribution is 2.24. The summed E-state index contributed by atoms with van der Waals surface area (Å²) in [4.78, 5) is 4.14. The van der Waals surface area contributed by atoms with E-state index in [2.05, 4.69) is 15.6 Å². The quantitative estimate of drug-likeness (QED) is 0.403. The molecule has 0 atom stereocenters. The first-order valence-corrected chi connectivity index (χ1v) is 7.45. The molecule has 2 N–H and O–H groups in total. The molecular weight excluding hydrogens is 453 g/mol. The van der Waals surface area contributed by atoms with E-state index in [9.17, 15) is 4.39 Å². The second-order valence-corrected chi connectivity index (χ2v) is 5.50. The van der Waals surface area contributed by atoms with E-state index in [4.69, 9.17) is 23.2 Å². The van der Waals surface area contributed by atoms with E-state index in [1.54, 1.807) is 19.2 Å². The minimum absolute atomic E-state index is 0. The fourth-order valence-electron chi connectivity index (χ4n) is 1.94. The number of nitrogens with zero attached hydrogens (tertiary/aromatic N) is 2. The summed E-state index contributed by atoms with van der Waals surface area (Å²) in [6, 6.07) is 8.13. The van der Waals surface area contributed by atoms with Gasteiger partial charge in [-0.2, -0.15) is 0 Å². The summed E-state index contributed by atoms with van der Waals surface area (Å²) >= 11 is 12.0. The molecule has 23 heavy (non-hydrogen) atoms. The Morgan fingerprint density at radius 2 is 1.78 bits per heavy atom. The molecule has 0 aliphatic carbocycles. The molecule has 0 aliphatic heterocycles. The maximum absolute atomic E-state index is 12.9. The predicted octanol–water partition coefficient (Wildman–Crippen LogP) is 3.95. The van der Waals surface area contributed by atoms with Crippen LogP contribution >= 0.6 is 47.2 Å². The summed E-state index contributed by atoms with van der Waals surface area (Å²) in [5.74, 6) is 0.390. The van der Waals surface area contributed by atoms with Crippen LogP contribution in [0.3, 0.4) is 0 Å². The normalized spacial score (nSPS) is 11.1. The molecule has 0 saturated heterocycles. The van der Waals surface area contributed by atoms with E-state index in [1.165, 1.54) is 12.1 Å². The number of benzene rings is 1. The first kappa shape index (κ1) is 20.1. The van der Waals surface area contributed by atoms with Gasteiger partial charge in [-0.25, -0.2) is 4.39 Å². The van der Waals surface area contributed by atoms with Crippen molar-refractivity contribution in [2.75, 3.05) is 7.05 Å². The van der Waals surface area contributed by atoms with Crippen LogP contribution in [0.1, 0.15) is 11.3 Å². The van der Waals surface area contributed by atoms with Gasteiger partial charge in [0.1, 0.15) is 11.0 Å². The third-order valence-electron chi connectivity index (χ3n) is 3.25. The van der Waals surface area contributed by atoms with E-state index in [-0.39, 0.29) is 29.8 Å². The van der Waals surface area contributed by atoms with Gasteiger partial charge in [-0.05, 0) is 23.8 Å². The average molecular weight is 471 g/mol. The molecule has 0 spiro atoms. The molecule has 0 fully saturated rings. The number of guanidine groups is 1. The smallest absolute Gasteiger partial charge is 0.191 e. The maximum Gasteiger partial charge on any atom is 0.191 e. The summed E-state index contributed by atoms with van der Waals surface area (Å²) in [6.07, 6.45) is 0. The predicted molar refractivity (Wildman–Crippen MR) is 104 cm³/mol. The third kappa shape index (κ3) is 5.54. The summed E-state index contributed by atoms with van der Waals surface area (Å²) < 4.78 is 14.7. The molecule has 0 saturated carbocycles. The van der Waals surface area contributed by atoms with Crippen LogP contribution in [0.5, 0.6) is 0 Å². The van der Waals surface area contributed by atoms with Gasteiger partial charge < -0.3 is 15.2 Å². The summed E-state index contributed by atoms with van der Waals surface area (Å²) in [7, 11) is 3.53. The molecule has 2 rings (SSSR count). The molecule has 0 aliphatic rings. The van der Waals surface area contributed by atoms with Gasteiger partial charge in [-0.3, -0.25) is 4.99 Å². The average Bonchev–Trinajstić information content (AvgIpc) is 2.76. The topological polar surface area (TPSA) is 41.4 Å². The van der Waals surface area contributed by atoms with Crippen LogP contribution in [-0.4, -0.2) is 17.6 Å². The molecule has 0 unspecified atom stereocenters. The lowest BCUT2D eigenvalue weighted by Crippen LogP contribution is -2.36. The van der Waals surface area contributed by atoms with Crippen molar-refractivity contribution in [3.8, 4) is 0 Å². The van der Waals surface area contributed by atoms with Crippen LogP contribution in [0.4, 0.5) is 4.39 Å². The van der Waals surface area contributed by atoms with Gasteiger partial charge in [0.05, 0.1) is 11.6 Å². The Bertz CT molecular complexity index is 671. The first-order valence-electron chi connectivity index (χ1n) is 6.70. The van der Waals surface area contributed by atoms with Gasteiger partial charge in [0.15, 0.2) is 5.96 Å². The Hall–Kier alpha value is -0.990. The van der Waals surface area contributed by atoms with Gasteiger partial charge >= 0.3 is 0 Å². The summed E-state index contributed by atoms with van der Waals surface area (Å²) in [6.45, 7) is 1.08. The largest absolute Gasteiger partial charge is 0.352 e. The zero-order valence-corrected chi connectivity index (χ0v) is 16.6. The number of halogens is 4. The third-order valence-corrected chi connectivity index (χ3v) is 4.09. The zero-order chi connectivity index (χ0) is 16.1. The number of rotatable bonds is 4.